The molecule has 1 aliphatic rings. The lowest BCUT2D eigenvalue weighted by Gasteiger charge is -2.28. The highest BCUT2D eigenvalue weighted by Gasteiger charge is 2.15. The standard InChI is InChI=1S/C22H28N4O2/c1-3-16(2)23-21(27)19-8-7-9-20(25-19)22(28)24-17-10-12-18(13-11-17)26-14-5-4-6-15-26/h7-13,16H,3-6,14-15H2,1-2H3,(H,23,27)(H,24,28). The molecule has 2 aromatic rings. The summed E-state index contributed by atoms with van der Waals surface area (Å²) in [5.74, 6) is -0.598. The number of carbonyl (C=O) groups is 2. The number of hydrogen-bond acceptors (Lipinski definition) is 4. The largest absolute Gasteiger partial charge is 0.372 e. The molecule has 0 radical (unpaired) electrons. The fraction of sp³-hybridized carbons (Fsp3) is 0.409. The van der Waals surface area contributed by atoms with Gasteiger partial charge in [-0.05, 0) is 69.0 Å². The zero-order valence-corrected chi connectivity index (χ0v) is 16.6. The number of aromatic nitrogens is 1. The number of hydrogen-bond donors (Lipinski definition) is 2. The number of anilines is 2. The van der Waals surface area contributed by atoms with Crippen LogP contribution in [0.2, 0.25) is 0 Å². The second-order valence-corrected chi connectivity index (χ2v) is 7.24. The summed E-state index contributed by atoms with van der Waals surface area (Å²) in [5.41, 5.74) is 2.35. The van der Waals surface area contributed by atoms with Crippen LogP contribution in [0.1, 0.15) is 60.5 Å². The summed E-state index contributed by atoms with van der Waals surface area (Å²) in [7, 11) is 0. The van der Waals surface area contributed by atoms with E-state index in [1.54, 1.807) is 18.2 Å². The lowest BCUT2D eigenvalue weighted by molar-refractivity contribution is 0.0934. The van der Waals surface area contributed by atoms with Crippen LogP contribution in [-0.2, 0) is 0 Å². The lowest BCUT2D eigenvalue weighted by atomic mass is 10.1. The first-order valence-electron chi connectivity index (χ1n) is 10.0. The van der Waals surface area contributed by atoms with Gasteiger partial charge in [0, 0.05) is 30.5 Å². The van der Waals surface area contributed by atoms with Crippen LogP contribution in [0.5, 0.6) is 0 Å². The smallest absolute Gasteiger partial charge is 0.274 e. The number of pyridine rings is 1. The molecule has 0 bridgehead atoms. The van der Waals surface area contributed by atoms with Crippen LogP contribution in [0, 0.1) is 0 Å². The van der Waals surface area contributed by atoms with Gasteiger partial charge in [-0.15, -0.1) is 0 Å². The Bertz CT molecular complexity index is 814. The van der Waals surface area contributed by atoms with E-state index in [-0.39, 0.29) is 29.2 Å². The third-order valence-electron chi connectivity index (χ3n) is 5.05. The van der Waals surface area contributed by atoms with Gasteiger partial charge in [-0.1, -0.05) is 13.0 Å². The highest BCUT2D eigenvalue weighted by atomic mass is 16.2. The van der Waals surface area contributed by atoms with Crippen molar-refractivity contribution in [2.45, 2.75) is 45.6 Å². The molecule has 2 amide bonds. The van der Waals surface area contributed by atoms with Gasteiger partial charge >= 0.3 is 0 Å². The maximum atomic E-state index is 12.5. The fourth-order valence-electron chi connectivity index (χ4n) is 3.19. The number of amides is 2. The first-order valence-corrected chi connectivity index (χ1v) is 10.0. The summed E-state index contributed by atoms with van der Waals surface area (Å²) < 4.78 is 0. The van der Waals surface area contributed by atoms with Crippen molar-refractivity contribution in [1.82, 2.24) is 10.3 Å². The van der Waals surface area contributed by atoms with Crippen LogP contribution >= 0.6 is 0 Å². The van der Waals surface area contributed by atoms with E-state index in [1.807, 2.05) is 38.1 Å². The summed E-state index contributed by atoms with van der Waals surface area (Å²) in [6.07, 6.45) is 4.58. The maximum absolute atomic E-state index is 12.5. The van der Waals surface area contributed by atoms with E-state index in [4.69, 9.17) is 0 Å². The Morgan fingerprint density at radius 1 is 1.00 bits per heavy atom. The number of benzene rings is 1. The van der Waals surface area contributed by atoms with Gasteiger partial charge in [0.1, 0.15) is 11.4 Å². The van der Waals surface area contributed by atoms with Crippen LogP contribution in [0.3, 0.4) is 0 Å². The molecule has 2 N–H and O–H groups in total. The average molecular weight is 380 g/mol. The van der Waals surface area contributed by atoms with E-state index in [2.05, 4.69) is 20.5 Å². The highest BCUT2D eigenvalue weighted by Crippen LogP contribution is 2.22. The van der Waals surface area contributed by atoms with Crippen molar-refractivity contribution < 1.29 is 9.59 Å². The van der Waals surface area contributed by atoms with Crippen molar-refractivity contribution in [3.63, 3.8) is 0 Å². The van der Waals surface area contributed by atoms with E-state index in [0.717, 1.165) is 19.5 Å². The van der Waals surface area contributed by atoms with Gasteiger partial charge in [0.05, 0.1) is 0 Å². The molecule has 1 aliphatic heterocycles. The molecule has 0 aliphatic carbocycles. The lowest BCUT2D eigenvalue weighted by Crippen LogP contribution is -2.32. The van der Waals surface area contributed by atoms with Gasteiger partial charge in [-0.3, -0.25) is 9.59 Å². The summed E-state index contributed by atoms with van der Waals surface area (Å²) in [4.78, 5) is 31.3. The van der Waals surface area contributed by atoms with Gasteiger partial charge < -0.3 is 15.5 Å². The Balaban J connectivity index is 1.64. The number of piperidine rings is 1. The zero-order chi connectivity index (χ0) is 19.9. The van der Waals surface area contributed by atoms with Crippen molar-refractivity contribution >= 4 is 23.2 Å². The Morgan fingerprint density at radius 3 is 2.29 bits per heavy atom. The number of nitrogens with one attached hydrogen (secondary N) is 2. The SMILES string of the molecule is CCC(C)NC(=O)c1cccc(C(=O)Nc2ccc(N3CCCCC3)cc2)n1. The molecule has 1 fully saturated rings. The minimum absolute atomic E-state index is 0.0604. The van der Waals surface area contributed by atoms with E-state index in [0.29, 0.717) is 5.69 Å². The normalized spacial score (nSPS) is 15.0. The summed E-state index contributed by atoms with van der Waals surface area (Å²) >= 11 is 0. The third kappa shape index (κ3) is 5.09. The summed E-state index contributed by atoms with van der Waals surface area (Å²) in [6, 6.07) is 12.8. The Morgan fingerprint density at radius 2 is 1.64 bits per heavy atom. The Kier molecular flexibility index (Phi) is 6.63. The minimum atomic E-state index is -0.330. The molecule has 6 nitrogen and oxygen atoms in total. The molecule has 1 saturated heterocycles. The van der Waals surface area contributed by atoms with Crippen molar-refractivity contribution in [3.8, 4) is 0 Å². The Hall–Kier alpha value is -2.89. The minimum Gasteiger partial charge on any atom is -0.372 e. The number of carbonyl (C=O) groups excluding carboxylic acids is 2. The molecule has 28 heavy (non-hydrogen) atoms. The van der Waals surface area contributed by atoms with E-state index in [1.165, 1.54) is 24.9 Å². The van der Waals surface area contributed by atoms with E-state index >= 15 is 0 Å². The van der Waals surface area contributed by atoms with Crippen molar-refractivity contribution in [2.75, 3.05) is 23.3 Å². The van der Waals surface area contributed by atoms with Gasteiger partial charge in [0.2, 0.25) is 0 Å². The molecule has 1 atom stereocenters. The molecule has 0 spiro atoms. The monoisotopic (exact) mass is 380 g/mol. The van der Waals surface area contributed by atoms with Gasteiger partial charge in [0.25, 0.3) is 11.8 Å². The molecule has 1 aromatic heterocycles. The molecule has 2 heterocycles. The van der Waals surface area contributed by atoms with Gasteiger partial charge in [-0.2, -0.15) is 0 Å². The number of rotatable bonds is 6. The topological polar surface area (TPSA) is 74.3 Å². The molecule has 1 aromatic carbocycles. The fourth-order valence-corrected chi connectivity index (χ4v) is 3.19. The average Bonchev–Trinajstić information content (AvgIpc) is 2.74. The van der Waals surface area contributed by atoms with E-state index in [9.17, 15) is 9.59 Å². The van der Waals surface area contributed by atoms with Crippen LogP contribution in [0.15, 0.2) is 42.5 Å². The number of nitrogens with zero attached hydrogens (tertiary/aromatic N) is 2. The second-order valence-electron chi connectivity index (χ2n) is 7.24. The summed E-state index contributed by atoms with van der Waals surface area (Å²) in [6.45, 7) is 6.10. The van der Waals surface area contributed by atoms with Crippen molar-refractivity contribution in [3.05, 3.63) is 53.9 Å². The van der Waals surface area contributed by atoms with Crippen LogP contribution in [-0.4, -0.2) is 35.9 Å². The first-order chi connectivity index (χ1) is 13.6. The van der Waals surface area contributed by atoms with Gasteiger partial charge in [0.15, 0.2) is 0 Å². The molecule has 1 unspecified atom stereocenters. The Labute approximate surface area is 166 Å². The maximum Gasteiger partial charge on any atom is 0.274 e. The first kappa shape index (κ1) is 19.9. The molecular formula is C22H28N4O2. The molecule has 3 rings (SSSR count). The molecular weight excluding hydrogens is 352 g/mol. The highest BCUT2D eigenvalue weighted by molar-refractivity contribution is 6.03. The molecule has 6 heteroatoms. The van der Waals surface area contributed by atoms with Crippen LogP contribution in [0.4, 0.5) is 11.4 Å². The van der Waals surface area contributed by atoms with Crippen LogP contribution < -0.4 is 15.5 Å². The second kappa shape index (κ2) is 9.35. The predicted octanol–water partition coefficient (Wildman–Crippen LogP) is 3.85. The third-order valence-corrected chi connectivity index (χ3v) is 5.05. The van der Waals surface area contributed by atoms with E-state index < -0.39 is 0 Å². The van der Waals surface area contributed by atoms with Gasteiger partial charge in [-0.25, -0.2) is 4.98 Å². The van der Waals surface area contributed by atoms with Crippen molar-refractivity contribution in [2.24, 2.45) is 0 Å². The molecule has 148 valence electrons. The van der Waals surface area contributed by atoms with Crippen LogP contribution in [0.25, 0.3) is 0 Å². The quantitative estimate of drug-likeness (QED) is 0.798. The predicted molar refractivity (Wildman–Crippen MR) is 112 cm³/mol. The molecule has 0 saturated carbocycles. The zero-order valence-electron chi connectivity index (χ0n) is 16.6. The van der Waals surface area contributed by atoms with Crippen molar-refractivity contribution in [1.29, 1.82) is 0 Å². The summed E-state index contributed by atoms with van der Waals surface area (Å²) in [5, 5.41) is 5.72.